The third-order valence-electron chi connectivity index (χ3n) is 2.08. The van der Waals surface area contributed by atoms with Crippen molar-refractivity contribution in [3.63, 3.8) is 0 Å². The smallest absolute Gasteiger partial charge is 0.363 e. The van der Waals surface area contributed by atoms with Crippen LogP contribution < -0.4 is 11.0 Å². The third-order valence-corrected chi connectivity index (χ3v) is 2.08. The summed E-state index contributed by atoms with van der Waals surface area (Å²) in [6.45, 7) is 2.36. The van der Waals surface area contributed by atoms with E-state index in [4.69, 9.17) is 0 Å². The van der Waals surface area contributed by atoms with E-state index in [0.717, 1.165) is 5.56 Å². The third kappa shape index (κ3) is 2.41. The molecule has 2 heterocycles. The summed E-state index contributed by atoms with van der Waals surface area (Å²) in [5.74, 6) is 0.501. The second-order valence-electron chi connectivity index (χ2n) is 3.28. The van der Waals surface area contributed by atoms with E-state index in [9.17, 15) is 4.79 Å². The topological polar surface area (TPSA) is 83.6 Å². The van der Waals surface area contributed by atoms with Crippen molar-refractivity contribution in [3.8, 4) is 0 Å². The van der Waals surface area contributed by atoms with Gasteiger partial charge in [0.1, 0.15) is 5.69 Å². The molecule has 0 spiro atoms. The zero-order valence-corrected chi connectivity index (χ0v) is 8.77. The lowest BCUT2D eigenvalue weighted by atomic mass is 10.3. The SMILES string of the molecule is Cc1n[nH]c(=O)nc1NCc1ccncc1. The summed E-state index contributed by atoms with van der Waals surface area (Å²) in [5.41, 5.74) is 1.27. The molecule has 0 aliphatic heterocycles. The van der Waals surface area contributed by atoms with Gasteiger partial charge in [-0.3, -0.25) is 4.98 Å². The van der Waals surface area contributed by atoms with Crippen LogP contribution in [0.25, 0.3) is 0 Å². The van der Waals surface area contributed by atoms with E-state index in [-0.39, 0.29) is 0 Å². The molecule has 2 aromatic heterocycles. The highest BCUT2D eigenvalue weighted by Crippen LogP contribution is 2.06. The molecule has 2 aromatic rings. The number of anilines is 1. The fourth-order valence-corrected chi connectivity index (χ4v) is 1.25. The Hall–Kier alpha value is -2.24. The normalized spacial score (nSPS) is 10.1. The Balaban J connectivity index is 2.10. The summed E-state index contributed by atoms with van der Waals surface area (Å²) in [7, 11) is 0. The average Bonchev–Trinajstić information content (AvgIpc) is 2.32. The minimum Gasteiger partial charge on any atom is -0.364 e. The van der Waals surface area contributed by atoms with Gasteiger partial charge in [0.25, 0.3) is 0 Å². The quantitative estimate of drug-likeness (QED) is 0.781. The maximum Gasteiger partial charge on any atom is 0.363 e. The summed E-state index contributed by atoms with van der Waals surface area (Å²) in [6.07, 6.45) is 3.43. The van der Waals surface area contributed by atoms with Crippen LogP contribution in [0.4, 0.5) is 5.82 Å². The van der Waals surface area contributed by atoms with E-state index in [1.54, 1.807) is 19.3 Å². The van der Waals surface area contributed by atoms with Gasteiger partial charge in [-0.25, -0.2) is 9.89 Å². The molecule has 82 valence electrons. The van der Waals surface area contributed by atoms with Gasteiger partial charge in [0.2, 0.25) is 0 Å². The van der Waals surface area contributed by atoms with Gasteiger partial charge in [-0.05, 0) is 24.6 Å². The van der Waals surface area contributed by atoms with Gasteiger partial charge in [0.05, 0.1) is 0 Å². The first-order chi connectivity index (χ1) is 7.75. The molecule has 16 heavy (non-hydrogen) atoms. The van der Waals surface area contributed by atoms with E-state index >= 15 is 0 Å². The first-order valence-corrected chi connectivity index (χ1v) is 4.82. The van der Waals surface area contributed by atoms with Crippen LogP contribution in [0.5, 0.6) is 0 Å². The molecule has 0 unspecified atom stereocenters. The fraction of sp³-hybridized carbons (Fsp3) is 0.200. The minimum atomic E-state index is -0.456. The second-order valence-corrected chi connectivity index (χ2v) is 3.28. The number of nitrogens with zero attached hydrogens (tertiary/aromatic N) is 3. The van der Waals surface area contributed by atoms with Crippen molar-refractivity contribution >= 4 is 5.82 Å². The van der Waals surface area contributed by atoms with Crippen molar-refractivity contribution in [1.29, 1.82) is 0 Å². The monoisotopic (exact) mass is 217 g/mol. The Morgan fingerprint density at radius 2 is 2.12 bits per heavy atom. The summed E-state index contributed by atoms with van der Waals surface area (Å²) >= 11 is 0. The summed E-state index contributed by atoms with van der Waals surface area (Å²) in [5, 5.41) is 9.14. The van der Waals surface area contributed by atoms with Crippen LogP contribution in [-0.2, 0) is 6.54 Å². The molecule has 0 saturated carbocycles. The van der Waals surface area contributed by atoms with Crippen molar-refractivity contribution in [2.45, 2.75) is 13.5 Å². The van der Waals surface area contributed by atoms with Crippen molar-refractivity contribution in [3.05, 3.63) is 46.3 Å². The summed E-state index contributed by atoms with van der Waals surface area (Å²) in [4.78, 5) is 18.7. The lowest BCUT2D eigenvalue weighted by Gasteiger charge is -2.06. The molecule has 0 aliphatic carbocycles. The molecule has 6 nitrogen and oxygen atoms in total. The number of pyridine rings is 1. The number of aromatic amines is 1. The largest absolute Gasteiger partial charge is 0.364 e. The molecular formula is C10H11N5O. The average molecular weight is 217 g/mol. The lowest BCUT2D eigenvalue weighted by molar-refractivity contribution is 0.874. The molecule has 2 rings (SSSR count). The zero-order valence-electron chi connectivity index (χ0n) is 8.77. The molecule has 2 N–H and O–H groups in total. The number of nitrogens with one attached hydrogen (secondary N) is 2. The fourth-order valence-electron chi connectivity index (χ4n) is 1.25. The number of aromatic nitrogens is 4. The van der Waals surface area contributed by atoms with Crippen LogP contribution in [0, 0.1) is 6.92 Å². The number of hydrogen-bond acceptors (Lipinski definition) is 5. The lowest BCUT2D eigenvalue weighted by Crippen LogP contribution is -2.17. The second kappa shape index (κ2) is 4.52. The van der Waals surface area contributed by atoms with Gasteiger partial charge >= 0.3 is 5.69 Å². The van der Waals surface area contributed by atoms with Crippen LogP contribution in [0.2, 0.25) is 0 Å². The Bertz CT molecular complexity index is 522. The van der Waals surface area contributed by atoms with Crippen LogP contribution in [0.1, 0.15) is 11.3 Å². The Morgan fingerprint density at radius 3 is 2.88 bits per heavy atom. The van der Waals surface area contributed by atoms with Crippen LogP contribution in [0.3, 0.4) is 0 Å². The summed E-state index contributed by atoms with van der Waals surface area (Å²) < 4.78 is 0. The van der Waals surface area contributed by atoms with E-state index in [0.29, 0.717) is 18.1 Å². The molecule has 0 atom stereocenters. The molecular weight excluding hydrogens is 206 g/mol. The van der Waals surface area contributed by atoms with Crippen LogP contribution >= 0.6 is 0 Å². The molecule has 6 heteroatoms. The van der Waals surface area contributed by atoms with E-state index < -0.39 is 5.69 Å². The van der Waals surface area contributed by atoms with E-state index in [1.807, 2.05) is 12.1 Å². The molecule has 0 aromatic carbocycles. The Kier molecular flexibility index (Phi) is 2.90. The summed E-state index contributed by atoms with van der Waals surface area (Å²) in [6, 6.07) is 3.78. The first kappa shape index (κ1) is 10.3. The zero-order chi connectivity index (χ0) is 11.4. The van der Waals surface area contributed by atoms with Gasteiger partial charge in [-0.2, -0.15) is 10.1 Å². The molecule has 0 saturated heterocycles. The van der Waals surface area contributed by atoms with E-state index in [1.165, 1.54) is 0 Å². The standard InChI is InChI=1S/C10H11N5O/c1-7-9(13-10(16)15-14-7)12-6-8-2-4-11-5-3-8/h2-5H,6H2,1H3,(H2,12,13,15,16). The Morgan fingerprint density at radius 1 is 1.38 bits per heavy atom. The predicted molar refractivity (Wildman–Crippen MR) is 59.0 cm³/mol. The van der Waals surface area contributed by atoms with Crippen molar-refractivity contribution in [1.82, 2.24) is 20.2 Å². The number of H-pyrrole nitrogens is 1. The highest BCUT2D eigenvalue weighted by atomic mass is 16.1. The van der Waals surface area contributed by atoms with Gasteiger partial charge in [-0.1, -0.05) is 0 Å². The van der Waals surface area contributed by atoms with Crippen molar-refractivity contribution in [2.75, 3.05) is 5.32 Å². The van der Waals surface area contributed by atoms with Gasteiger partial charge in [-0.15, -0.1) is 0 Å². The van der Waals surface area contributed by atoms with Gasteiger partial charge < -0.3 is 5.32 Å². The predicted octanol–water partition coefficient (Wildman–Crippen LogP) is 0.480. The van der Waals surface area contributed by atoms with Crippen molar-refractivity contribution in [2.24, 2.45) is 0 Å². The van der Waals surface area contributed by atoms with Crippen LogP contribution in [0.15, 0.2) is 29.3 Å². The van der Waals surface area contributed by atoms with Crippen molar-refractivity contribution < 1.29 is 0 Å². The van der Waals surface area contributed by atoms with E-state index in [2.05, 4.69) is 25.5 Å². The van der Waals surface area contributed by atoms with Gasteiger partial charge in [0.15, 0.2) is 5.82 Å². The minimum absolute atomic E-state index is 0.456. The van der Waals surface area contributed by atoms with Gasteiger partial charge in [0, 0.05) is 18.9 Å². The maximum absolute atomic E-state index is 11.0. The number of rotatable bonds is 3. The number of aryl methyl sites for hydroxylation is 1. The molecule has 0 radical (unpaired) electrons. The van der Waals surface area contributed by atoms with Crippen LogP contribution in [-0.4, -0.2) is 20.2 Å². The number of hydrogen-bond donors (Lipinski definition) is 2. The molecule has 0 bridgehead atoms. The highest BCUT2D eigenvalue weighted by Gasteiger charge is 2.01. The molecule has 0 aliphatic rings. The highest BCUT2D eigenvalue weighted by molar-refractivity contribution is 5.38. The molecule has 0 amide bonds. The molecule has 0 fully saturated rings. The Labute approximate surface area is 91.8 Å². The first-order valence-electron chi connectivity index (χ1n) is 4.82. The maximum atomic E-state index is 11.0.